The Morgan fingerprint density at radius 1 is 1.35 bits per heavy atom. The lowest BCUT2D eigenvalue weighted by Crippen LogP contribution is -2.31. The van der Waals surface area contributed by atoms with E-state index < -0.39 is 0 Å². The molecule has 0 aliphatic carbocycles. The highest BCUT2D eigenvalue weighted by Crippen LogP contribution is 2.20. The number of amides is 1. The number of rotatable bonds is 7. The van der Waals surface area contributed by atoms with Gasteiger partial charge in [0.05, 0.1) is 11.8 Å². The van der Waals surface area contributed by atoms with Crippen LogP contribution in [0.15, 0.2) is 23.6 Å². The fourth-order valence-corrected chi connectivity index (χ4v) is 3.12. The van der Waals surface area contributed by atoms with E-state index in [1.807, 2.05) is 33.0 Å². The zero-order valence-corrected chi connectivity index (χ0v) is 14.9. The second kappa shape index (κ2) is 8.10. The van der Waals surface area contributed by atoms with E-state index in [2.05, 4.69) is 31.8 Å². The SMILES string of the molecule is CCCn1ccnc1CNC(=O)[C@@H](C)Sc1nc(C)cc(C)n1. The molecule has 1 N–H and O–H groups in total. The number of carbonyl (C=O) groups excluding carboxylic acids is 1. The average Bonchev–Trinajstić information content (AvgIpc) is 2.91. The van der Waals surface area contributed by atoms with Crippen molar-refractivity contribution >= 4 is 17.7 Å². The molecule has 6 nitrogen and oxygen atoms in total. The van der Waals surface area contributed by atoms with Crippen LogP contribution in [0, 0.1) is 13.8 Å². The maximum Gasteiger partial charge on any atom is 0.233 e. The molecule has 2 aromatic heterocycles. The Labute approximate surface area is 141 Å². The molecular formula is C16H23N5OS. The third-order valence-electron chi connectivity index (χ3n) is 3.30. The molecule has 0 saturated carbocycles. The van der Waals surface area contributed by atoms with Crippen LogP contribution >= 0.6 is 11.8 Å². The second-order valence-electron chi connectivity index (χ2n) is 5.45. The van der Waals surface area contributed by atoms with Crippen LogP contribution in [0.5, 0.6) is 0 Å². The largest absolute Gasteiger partial charge is 0.348 e. The van der Waals surface area contributed by atoms with Crippen LogP contribution in [-0.2, 0) is 17.9 Å². The lowest BCUT2D eigenvalue weighted by Gasteiger charge is -2.12. The molecule has 23 heavy (non-hydrogen) atoms. The molecule has 7 heteroatoms. The maximum absolute atomic E-state index is 12.3. The summed E-state index contributed by atoms with van der Waals surface area (Å²) >= 11 is 1.37. The molecule has 0 aromatic carbocycles. The van der Waals surface area contributed by atoms with Crippen molar-refractivity contribution in [2.45, 2.75) is 57.6 Å². The zero-order valence-electron chi connectivity index (χ0n) is 14.0. The van der Waals surface area contributed by atoms with Crippen LogP contribution in [0.4, 0.5) is 0 Å². The number of aromatic nitrogens is 4. The van der Waals surface area contributed by atoms with Crippen LogP contribution in [0.1, 0.15) is 37.5 Å². The molecule has 0 unspecified atom stereocenters. The van der Waals surface area contributed by atoms with E-state index in [0.29, 0.717) is 11.7 Å². The maximum atomic E-state index is 12.3. The summed E-state index contributed by atoms with van der Waals surface area (Å²) in [6, 6.07) is 1.92. The highest BCUT2D eigenvalue weighted by Gasteiger charge is 2.16. The first-order valence-electron chi connectivity index (χ1n) is 7.76. The molecule has 1 atom stereocenters. The highest BCUT2D eigenvalue weighted by atomic mass is 32.2. The minimum atomic E-state index is -0.259. The number of carbonyl (C=O) groups is 1. The Bertz CT molecular complexity index is 650. The Kier molecular flexibility index (Phi) is 6.15. The first-order valence-corrected chi connectivity index (χ1v) is 8.64. The monoisotopic (exact) mass is 333 g/mol. The van der Waals surface area contributed by atoms with Crippen molar-refractivity contribution in [3.63, 3.8) is 0 Å². The first kappa shape index (κ1) is 17.5. The number of nitrogens with one attached hydrogen (secondary N) is 1. The summed E-state index contributed by atoms with van der Waals surface area (Å²) in [4.78, 5) is 25.3. The lowest BCUT2D eigenvalue weighted by molar-refractivity contribution is -0.120. The van der Waals surface area contributed by atoms with Gasteiger partial charge in [0.1, 0.15) is 5.82 Å². The quantitative estimate of drug-likeness (QED) is 0.622. The van der Waals surface area contributed by atoms with Gasteiger partial charge in [-0.25, -0.2) is 15.0 Å². The van der Waals surface area contributed by atoms with Crippen LogP contribution in [-0.4, -0.2) is 30.7 Å². The number of hydrogen-bond donors (Lipinski definition) is 1. The van der Waals surface area contributed by atoms with Gasteiger partial charge in [-0.05, 0) is 33.3 Å². The van der Waals surface area contributed by atoms with Crippen molar-refractivity contribution in [2.75, 3.05) is 0 Å². The van der Waals surface area contributed by atoms with Crippen LogP contribution in [0.25, 0.3) is 0 Å². The van der Waals surface area contributed by atoms with Gasteiger partial charge in [0.15, 0.2) is 5.16 Å². The fourth-order valence-electron chi connectivity index (χ4n) is 2.22. The molecule has 0 fully saturated rings. The number of hydrogen-bond acceptors (Lipinski definition) is 5. The third kappa shape index (κ3) is 5.06. The summed E-state index contributed by atoms with van der Waals surface area (Å²) in [5, 5.41) is 3.31. The predicted octanol–water partition coefficient (Wildman–Crippen LogP) is 2.50. The molecule has 1 amide bonds. The van der Waals surface area contributed by atoms with E-state index in [-0.39, 0.29) is 11.2 Å². The van der Waals surface area contributed by atoms with E-state index in [4.69, 9.17) is 0 Å². The van der Waals surface area contributed by atoms with Crippen molar-refractivity contribution < 1.29 is 4.79 Å². The normalized spacial score (nSPS) is 12.2. The zero-order chi connectivity index (χ0) is 16.8. The van der Waals surface area contributed by atoms with E-state index in [9.17, 15) is 4.79 Å². The van der Waals surface area contributed by atoms with Crippen molar-refractivity contribution in [2.24, 2.45) is 0 Å². The minimum absolute atomic E-state index is 0.0381. The Balaban J connectivity index is 1.91. The van der Waals surface area contributed by atoms with Crippen LogP contribution in [0.2, 0.25) is 0 Å². The van der Waals surface area contributed by atoms with E-state index >= 15 is 0 Å². The molecule has 2 aromatic rings. The molecule has 2 heterocycles. The Hall–Kier alpha value is -1.89. The average molecular weight is 333 g/mol. The Morgan fingerprint density at radius 2 is 2.04 bits per heavy atom. The van der Waals surface area contributed by atoms with Gasteiger partial charge in [-0.1, -0.05) is 18.7 Å². The highest BCUT2D eigenvalue weighted by molar-refractivity contribution is 8.00. The molecule has 0 bridgehead atoms. The van der Waals surface area contributed by atoms with E-state index in [0.717, 1.165) is 30.2 Å². The van der Waals surface area contributed by atoms with Gasteiger partial charge in [0.2, 0.25) is 5.91 Å². The Morgan fingerprint density at radius 3 is 2.70 bits per heavy atom. The van der Waals surface area contributed by atoms with Gasteiger partial charge in [-0.3, -0.25) is 4.79 Å². The molecule has 0 aliphatic rings. The van der Waals surface area contributed by atoms with E-state index in [1.54, 1.807) is 6.20 Å². The molecular weight excluding hydrogens is 310 g/mol. The van der Waals surface area contributed by atoms with Gasteiger partial charge in [0.25, 0.3) is 0 Å². The smallest absolute Gasteiger partial charge is 0.233 e. The minimum Gasteiger partial charge on any atom is -0.348 e. The van der Waals surface area contributed by atoms with E-state index in [1.165, 1.54) is 11.8 Å². The third-order valence-corrected chi connectivity index (χ3v) is 4.26. The number of nitrogens with zero attached hydrogens (tertiary/aromatic N) is 4. The number of aryl methyl sites for hydroxylation is 3. The second-order valence-corrected chi connectivity index (χ2v) is 6.76. The summed E-state index contributed by atoms with van der Waals surface area (Å²) in [7, 11) is 0. The molecule has 0 spiro atoms. The lowest BCUT2D eigenvalue weighted by atomic mass is 10.4. The van der Waals surface area contributed by atoms with Gasteiger partial charge >= 0.3 is 0 Å². The van der Waals surface area contributed by atoms with Crippen molar-refractivity contribution in [1.29, 1.82) is 0 Å². The van der Waals surface area contributed by atoms with Gasteiger partial charge < -0.3 is 9.88 Å². The van der Waals surface area contributed by atoms with Gasteiger partial charge in [0, 0.05) is 30.3 Å². The number of thioether (sulfide) groups is 1. The van der Waals surface area contributed by atoms with Crippen molar-refractivity contribution in [3.8, 4) is 0 Å². The van der Waals surface area contributed by atoms with Crippen LogP contribution in [0.3, 0.4) is 0 Å². The predicted molar refractivity (Wildman–Crippen MR) is 91.2 cm³/mol. The topological polar surface area (TPSA) is 72.7 Å². The standard InChI is InChI=1S/C16H23N5OS/c1-5-7-21-8-6-17-14(21)10-18-15(22)13(4)23-16-19-11(2)9-12(3)20-16/h6,8-9,13H,5,7,10H2,1-4H3,(H,18,22)/t13-/m1/s1. The molecule has 0 saturated heterocycles. The summed E-state index contributed by atoms with van der Waals surface area (Å²) < 4.78 is 2.06. The van der Waals surface area contributed by atoms with Crippen molar-refractivity contribution in [3.05, 3.63) is 35.7 Å². The summed E-state index contributed by atoms with van der Waals surface area (Å²) in [6.45, 7) is 9.18. The molecule has 0 aliphatic heterocycles. The molecule has 2 rings (SSSR count). The fraction of sp³-hybridized carbons (Fsp3) is 0.500. The summed E-state index contributed by atoms with van der Waals surface area (Å²) in [5.74, 6) is 0.837. The molecule has 0 radical (unpaired) electrons. The van der Waals surface area contributed by atoms with Crippen molar-refractivity contribution in [1.82, 2.24) is 24.8 Å². The van der Waals surface area contributed by atoms with Gasteiger partial charge in [-0.15, -0.1) is 0 Å². The first-order chi connectivity index (χ1) is 11.0. The van der Waals surface area contributed by atoms with Crippen LogP contribution < -0.4 is 5.32 Å². The summed E-state index contributed by atoms with van der Waals surface area (Å²) in [5.41, 5.74) is 1.82. The van der Waals surface area contributed by atoms with Gasteiger partial charge in [-0.2, -0.15) is 0 Å². The summed E-state index contributed by atoms with van der Waals surface area (Å²) in [6.07, 6.45) is 4.73. The number of imidazole rings is 1. The molecule has 124 valence electrons.